The lowest BCUT2D eigenvalue weighted by Crippen LogP contribution is -2.41. The Labute approximate surface area is 185 Å². The number of hydrogen-bond acceptors (Lipinski definition) is 8. The molecule has 0 aromatic heterocycles. The van der Waals surface area contributed by atoms with Gasteiger partial charge in [0.1, 0.15) is 11.5 Å². The largest absolute Gasteiger partial charge is 0.452 e. The summed E-state index contributed by atoms with van der Waals surface area (Å²) in [5.74, 6) is 0.427. The zero-order valence-corrected chi connectivity index (χ0v) is 18.7. The minimum atomic E-state index is -1.16. The Kier molecular flexibility index (Phi) is 7.21. The maximum Gasteiger partial charge on any atom is 0.215 e. The lowest BCUT2D eigenvalue weighted by atomic mass is 10.1. The summed E-state index contributed by atoms with van der Waals surface area (Å²) < 4.78 is 18.1. The Morgan fingerprint density at radius 1 is 1.32 bits per heavy atom. The van der Waals surface area contributed by atoms with Gasteiger partial charge in [-0.15, -0.1) is 0 Å². The molecule has 2 atom stereocenters. The molecule has 0 radical (unpaired) electrons. The molecule has 0 saturated heterocycles. The summed E-state index contributed by atoms with van der Waals surface area (Å²) in [5, 5.41) is 11.4. The Morgan fingerprint density at radius 3 is 2.74 bits per heavy atom. The van der Waals surface area contributed by atoms with Crippen LogP contribution in [0.3, 0.4) is 0 Å². The average Bonchev–Trinajstić information content (AvgIpc) is 2.79. The molecule has 0 spiro atoms. The molecule has 1 heterocycles. The predicted octanol–water partition coefficient (Wildman–Crippen LogP) is 1.33. The normalized spacial score (nSPS) is 16.0. The third-order valence-corrected chi connectivity index (χ3v) is 5.97. The zero-order chi connectivity index (χ0) is 22.5. The Morgan fingerprint density at radius 2 is 2.06 bits per heavy atom. The summed E-state index contributed by atoms with van der Waals surface area (Å²) in [6.45, 7) is 0.849. The van der Waals surface area contributed by atoms with Crippen LogP contribution >= 0.6 is 0 Å². The number of hydrogen-bond donors (Lipinski definition) is 4. The van der Waals surface area contributed by atoms with Crippen molar-refractivity contribution in [2.75, 3.05) is 26.9 Å². The van der Waals surface area contributed by atoms with Gasteiger partial charge in [-0.2, -0.15) is 0 Å². The van der Waals surface area contributed by atoms with Gasteiger partial charge in [0.2, 0.25) is 5.90 Å². The number of rotatable bonds is 7. The van der Waals surface area contributed by atoms with Crippen molar-refractivity contribution in [2.45, 2.75) is 17.7 Å². The molecule has 0 bridgehead atoms. The van der Waals surface area contributed by atoms with E-state index in [1.165, 1.54) is 0 Å². The number of aliphatic imine (C=N–C) groups is 1. The molecule has 1 aliphatic heterocycles. The maximum atomic E-state index is 12.2. The number of benzene rings is 2. The first-order valence-corrected chi connectivity index (χ1v) is 11.3. The van der Waals surface area contributed by atoms with Crippen LogP contribution in [0.5, 0.6) is 0 Å². The molecule has 3 rings (SSSR count). The van der Waals surface area contributed by atoms with Crippen LogP contribution in [-0.2, 0) is 22.1 Å². The van der Waals surface area contributed by atoms with Gasteiger partial charge < -0.3 is 21.1 Å². The maximum absolute atomic E-state index is 12.2. The highest BCUT2D eigenvalue weighted by atomic mass is 32.2. The Balaban J connectivity index is 1.95. The van der Waals surface area contributed by atoms with E-state index in [1.54, 1.807) is 19.4 Å². The minimum Gasteiger partial charge on any atom is -0.452 e. The second kappa shape index (κ2) is 9.86. The van der Waals surface area contributed by atoms with E-state index in [9.17, 15) is 4.21 Å². The zero-order valence-electron chi connectivity index (χ0n) is 17.9. The second-order valence-corrected chi connectivity index (χ2v) is 8.50. The van der Waals surface area contributed by atoms with Crippen LogP contribution in [0.25, 0.3) is 0 Å². The van der Waals surface area contributed by atoms with Crippen molar-refractivity contribution in [2.24, 2.45) is 16.5 Å². The topological polar surface area (TPSA) is 130 Å². The first kappa shape index (κ1) is 22.7. The van der Waals surface area contributed by atoms with Crippen molar-refractivity contribution in [3.05, 3.63) is 76.7 Å². The van der Waals surface area contributed by atoms with E-state index in [0.29, 0.717) is 35.1 Å². The highest BCUT2D eigenvalue weighted by Crippen LogP contribution is 2.23. The summed E-state index contributed by atoms with van der Waals surface area (Å²) in [4.78, 5) is 7.34. The van der Waals surface area contributed by atoms with Gasteiger partial charge in [0.15, 0.2) is 6.23 Å². The molecule has 2 aromatic carbocycles. The van der Waals surface area contributed by atoms with E-state index in [2.05, 4.69) is 5.32 Å². The van der Waals surface area contributed by atoms with E-state index in [4.69, 9.17) is 26.6 Å². The molecule has 0 fully saturated rings. The molecule has 0 amide bonds. The molecule has 9 heteroatoms. The van der Waals surface area contributed by atoms with Crippen LogP contribution in [0, 0.1) is 5.41 Å². The molecule has 8 nitrogen and oxygen atoms in total. The fourth-order valence-corrected chi connectivity index (χ4v) is 4.08. The molecule has 6 N–H and O–H groups in total. The van der Waals surface area contributed by atoms with E-state index < -0.39 is 17.0 Å². The Bertz CT molecular complexity index is 1070. The lowest BCUT2D eigenvalue weighted by molar-refractivity contribution is 0.187. The van der Waals surface area contributed by atoms with Crippen LogP contribution in [0.15, 0.2) is 69.9 Å². The first-order valence-electron chi connectivity index (χ1n) is 9.78. The molecule has 2 unspecified atom stereocenters. The quantitative estimate of drug-likeness (QED) is 0.292. The van der Waals surface area contributed by atoms with E-state index in [1.807, 2.05) is 54.4 Å². The minimum absolute atomic E-state index is 0.0185. The number of nitrogens with two attached hydrogens (primary N) is 2. The highest BCUT2D eigenvalue weighted by molar-refractivity contribution is 7.84. The van der Waals surface area contributed by atoms with E-state index in [0.717, 1.165) is 16.8 Å². The summed E-state index contributed by atoms with van der Waals surface area (Å²) in [5.41, 5.74) is 15.6. The third-order valence-electron chi connectivity index (χ3n) is 4.99. The SMILES string of the molecule is CNC(OC(=N)c1cccc(CN)c1)C1=C(N)N(C)CC(c2ccccc2S(C)=O)=N1. The smallest absolute Gasteiger partial charge is 0.215 e. The molecule has 164 valence electrons. The molecular weight excluding hydrogens is 412 g/mol. The van der Waals surface area contributed by atoms with Gasteiger partial charge >= 0.3 is 0 Å². The van der Waals surface area contributed by atoms with Crippen LogP contribution < -0.4 is 16.8 Å². The van der Waals surface area contributed by atoms with Crippen molar-refractivity contribution < 1.29 is 8.95 Å². The fourth-order valence-electron chi connectivity index (χ4n) is 3.31. The van der Waals surface area contributed by atoms with Gasteiger partial charge in [-0.05, 0) is 30.8 Å². The van der Waals surface area contributed by atoms with Crippen molar-refractivity contribution in [3.63, 3.8) is 0 Å². The molecule has 2 aromatic rings. The van der Waals surface area contributed by atoms with Crippen LogP contribution in [0.4, 0.5) is 0 Å². The number of ether oxygens (including phenoxy) is 1. The van der Waals surface area contributed by atoms with Crippen molar-refractivity contribution in [3.8, 4) is 0 Å². The van der Waals surface area contributed by atoms with Gasteiger partial charge in [-0.3, -0.25) is 14.9 Å². The summed E-state index contributed by atoms with van der Waals surface area (Å²) in [6.07, 6.45) is 0.902. The second-order valence-electron chi connectivity index (χ2n) is 7.16. The monoisotopic (exact) mass is 440 g/mol. The predicted molar refractivity (Wildman–Crippen MR) is 124 cm³/mol. The summed E-state index contributed by atoms with van der Waals surface area (Å²) in [6, 6.07) is 14.8. The molecule has 0 aliphatic carbocycles. The van der Waals surface area contributed by atoms with Gasteiger partial charge in [-0.1, -0.05) is 30.3 Å². The molecule has 31 heavy (non-hydrogen) atoms. The van der Waals surface area contributed by atoms with Crippen molar-refractivity contribution >= 4 is 22.4 Å². The molecular formula is C22H28N6O2S. The molecule has 1 aliphatic rings. The number of nitrogens with zero attached hydrogens (tertiary/aromatic N) is 2. The average molecular weight is 441 g/mol. The van der Waals surface area contributed by atoms with Gasteiger partial charge in [0, 0.05) is 35.9 Å². The summed E-state index contributed by atoms with van der Waals surface area (Å²) >= 11 is 0. The van der Waals surface area contributed by atoms with Gasteiger partial charge in [0.25, 0.3) is 0 Å². The van der Waals surface area contributed by atoms with Crippen molar-refractivity contribution in [1.82, 2.24) is 10.2 Å². The van der Waals surface area contributed by atoms with E-state index in [-0.39, 0.29) is 5.90 Å². The van der Waals surface area contributed by atoms with E-state index >= 15 is 0 Å². The van der Waals surface area contributed by atoms with Crippen LogP contribution in [-0.4, -0.2) is 53.8 Å². The Hall–Kier alpha value is -3.01. The summed E-state index contributed by atoms with van der Waals surface area (Å²) in [7, 11) is 2.41. The number of nitrogens with one attached hydrogen (secondary N) is 2. The third kappa shape index (κ3) is 5.01. The fraction of sp³-hybridized carbons (Fsp3) is 0.273. The molecule has 0 saturated carbocycles. The van der Waals surface area contributed by atoms with Crippen LogP contribution in [0.2, 0.25) is 0 Å². The van der Waals surface area contributed by atoms with Gasteiger partial charge in [-0.25, -0.2) is 4.99 Å². The highest BCUT2D eigenvalue weighted by Gasteiger charge is 2.27. The standard InChI is InChI=1S/C22H28N6O2S/c1-26-22(30-21(25)15-8-6-7-14(11-15)12-23)19-20(24)28(2)13-17(27-19)16-9-4-5-10-18(16)31(3)29/h4-11,22,25-26H,12-13,23-24H2,1-3H3. The number of likely N-dealkylation sites (N-methyl/N-ethyl adjacent to an activating group) is 2. The lowest BCUT2D eigenvalue weighted by Gasteiger charge is -2.30. The van der Waals surface area contributed by atoms with Crippen molar-refractivity contribution in [1.29, 1.82) is 5.41 Å². The van der Waals surface area contributed by atoms with Gasteiger partial charge in [0.05, 0.1) is 23.1 Å². The first-order chi connectivity index (χ1) is 14.8. The van der Waals surface area contributed by atoms with Crippen LogP contribution in [0.1, 0.15) is 16.7 Å².